The predicted octanol–water partition coefficient (Wildman–Crippen LogP) is 5.18. The molecule has 4 aromatic rings. The molecule has 38 heavy (non-hydrogen) atoms. The number of carboxylic acid groups (broad SMARTS) is 1. The summed E-state index contributed by atoms with van der Waals surface area (Å²) in [7, 11) is 0. The van der Waals surface area contributed by atoms with Gasteiger partial charge in [-0.15, -0.1) is 0 Å². The maximum Gasteiger partial charge on any atom is 0.335 e. The first-order valence-corrected chi connectivity index (χ1v) is 12.3. The Kier molecular flexibility index (Phi) is 7.14. The second-order valence-corrected chi connectivity index (χ2v) is 9.10. The predicted molar refractivity (Wildman–Crippen MR) is 143 cm³/mol. The van der Waals surface area contributed by atoms with Crippen LogP contribution in [0.2, 0.25) is 0 Å². The van der Waals surface area contributed by atoms with E-state index in [-0.39, 0.29) is 35.8 Å². The van der Waals surface area contributed by atoms with E-state index in [9.17, 15) is 19.1 Å². The van der Waals surface area contributed by atoms with Gasteiger partial charge >= 0.3 is 5.97 Å². The van der Waals surface area contributed by atoms with Crippen LogP contribution in [0.25, 0.3) is 11.3 Å². The highest BCUT2D eigenvalue weighted by molar-refractivity contribution is 7.80. The van der Waals surface area contributed by atoms with E-state index >= 15 is 0 Å². The SMILES string of the molecule is O=C(CCN1C(=S)NC(c2ccccn2)C1c1ccc(-c2ccc(C(=O)O)cc2)o1)Nc1ccc(F)cc1. The van der Waals surface area contributed by atoms with E-state index in [0.717, 1.165) is 11.3 Å². The molecule has 5 rings (SSSR count). The van der Waals surface area contributed by atoms with Crippen LogP contribution in [0.15, 0.2) is 89.5 Å². The van der Waals surface area contributed by atoms with E-state index in [1.807, 2.05) is 35.2 Å². The molecular formula is C28H23FN4O4S. The van der Waals surface area contributed by atoms with Crippen LogP contribution >= 0.6 is 12.2 Å². The van der Waals surface area contributed by atoms with Crippen LogP contribution in [0.1, 0.15) is 40.3 Å². The molecule has 0 spiro atoms. The largest absolute Gasteiger partial charge is 0.478 e. The number of halogens is 1. The first-order chi connectivity index (χ1) is 18.4. The van der Waals surface area contributed by atoms with Gasteiger partial charge in [-0.3, -0.25) is 9.78 Å². The number of nitrogens with one attached hydrogen (secondary N) is 2. The summed E-state index contributed by atoms with van der Waals surface area (Å²) in [6.45, 7) is 0.302. The molecule has 0 aliphatic carbocycles. The van der Waals surface area contributed by atoms with E-state index in [0.29, 0.717) is 28.9 Å². The van der Waals surface area contributed by atoms with Crippen molar-refractivity contribution < 1.29 is 23.5 Å². The van der Waals surface area contributed by atoms with Crippen LogP contribution < -0.4 is 10.6 Å². The molecule has 1 fully saturated rings. The van der Waals surface area contributed by atoms with Crippen molar-refractivity contribution in [2.24, 2.45) is 0 Å². The Labute approximate surface area is 223 Å². The summed E-state index contributed by atoms with van der Waals surface area (Å²) in [5.41, 5.74) is 2.19. The molecule has 0 bridgehead atoms. The van der Waals surface area contributed by atoms with Gasteiger partial charge in [0.05, 0.1) is 17.3 Å². The molecule has 3 heterocycles. The number of pyridine rings is 1. The molecule has 1 saturated heterocycles. The van der Waals surface area contributed by atoms with Crippen molar-refractivity contribution in [1.82, 2.24) is 15.2 Å². The maximum absolute atomic E-state index is 13.2. The molecule has 2 atom stereocenters. The third-order valence-corrected chi connectivity index (χ3v) is 6.59. The van der Waals surface area contributed by atoms with Gasteiger partial charge in [0.25, 0.3) is 0 Å². The minimum atomic E-state index is -1.00. The number of anilines is 1. The van der Waals surface area contributed by atoms with E-state index in [1.54, 1.807) is 18.3 Å². The van der Waals surface area contributed by atoms with Crippen LogP contribution in [-0.2, 0) is 4.79 Å². The first kappa shape index (κ1) is 25.1. The van der Waals surface area contributed by atoms with Gasteiger partial charge in [0, 0.05) is 30.4 Å². The quantitative estimate of drug-likeness (QED) is 0.268. The van der Waals surface area contributed by atoms with Crippen molar-refractivity contribution in [2.45, 2.75) is 18.5 Å². The summed E-state index contributed by atoms with van der Waals surface area (Å²) >= 11 is 5.65. The number of hydrogen-bond acceptors (Lipinski definition) is 5. The average molecular weight is 531 g/mol. The Morgan fingerprint density at radius 3 is 2.50 bits per heavy atom. The highest BCUT2D eigenvalue weighted by atomic mass is 32.1. The second kappa shape index (κ2) is 10.8. The van der Waals surface area contributed by atoms with Gasteiger partial charge < -0.3 is 25.1 Å². The number of carbonyl (C=O) groups is 2. The standard InChI is InChI=1S/C28H23FN4O4S/c29-19-8-10-20(11-9-19)31-24(34)14-16-33-26(25(32-28(33)38)21-3-1-2-15-30-21)23-13-12-22(37-23)17-4-6-18(7-5-17)27(35)36/h1-13,15,25-26H,14,16H2,(H,31,34)(H,32,38)(H,35,36). The fourth-order valence-electron chi connectivity index (χ4n) is 4.38. The van der Waals surface area contributed by atoms with Gasteiger partial charge in [0.15, 0.2) is 5.11 Å². The summed E-state index contributed by atoms with van der Waals surface area (Å²) in [5.74, 6) is -0.430. The number of aromatic carboxylic acids is 1. The summed E-state index contributed by atoms with van der Waals surface area (Å²) in [5, 5.41) is 15.7. The van der Waals surface area contributed by atoms with E-state index < -0.39 is 5.97 Å². The fourth-order valence-corrected chi connectivity index (χ4v) is 4.71. The molecule has 0 radical (unpaired) electrons. The number of thiocarbonyl (C=S) groups is 1. The molecule has 2 unspecified atom stereocenters. The number of carboxylic acids is 1. The summed E-state index contributed by atoms with van der Waals surface area (Å²) in [6, 6.07) is 20.6. The zero-order valence-electron chi connectivity index (χ0n) is 20.0. The van der Waals surface area contributed by atoms with Crippen molar-refractivity contribution in [3.05, 3.63) is 108 Å². The Bertz CT molecular complexity index is 1460. The van der Waals surface area contributed by atoms with Crippen LogP contribution in [0.5, 0.6) is 0 Å². The number of furan rings is 1. The third-order valence-electron chi connectivity index (χ3n) is 6.24. The number of benzene rings is 2. The van der Waals surface area contributed by atoms with Crippen molar-refractivity contribution in [2.75, 3.05) is 11.9 Å². The zero-order valence-corrected chi connectivity index (χ0v) is 20.8. The van der Waals surface area contributed by atoms with Gasteiger partial charge in [-0.05, 0) is 72.9 Å². The molecule has 0 saturated carbocycles. The van der Waals surface area contributed by atoms with E-state index in [4.69, 9.17) is 16.6 Å². The first-order valence-electron chi connectivity index (χ1n) is 11.9. The summed E-state index contributed by atoms with van der Waals surface area (Å²) in [4.78, 5) is 30.2. The van der Waals surface area contributed by atoms with Crippen LogP contribution in [0.4, 0.5) is 10.1 Å². The highest BCUT2D eigenvalue weighted by Gasteiger charge is 2.41. The zero-order chi connectivity index (χ0) is 26.6. The van der Waals surface area contributed by atoms with Crippen molar-refractivity contribution in [3.8, 4) is 11.3 Å². The molecule has 10 heteroatoms. The molecule has 192 valence electrons. The van der Waals surface area contributed by atoms with Gasteiger partial charge in [0.2, 0.25) is 5.91 Å². The lowest BCUT2D eigenvalue weighted by atomic mass is 10.0. The van der Waals surface area contributed by atoms with Crippen molar-refractivity contribution >= 4 is 34.9 Å². The topological polar surface area (TPSA) is 108 Å². The lowest BCUT2D eigenvalue weighted by molar-refractivity contribution is -0.116. The normalized spacial score (nSPS) is 16.8. The number of carbonyl (C=O) groups excluding carboxylic acids is 1. The third kappa shape index (κ3) is 5.40. The van der Waals surface area contributed by atoms with Crippen LogP contribution in [-0.4, -0.2) is 38.5 Å². The maximum atomic E-state index is 13.2. The molecule has 2 aromatic carbocycles. The number of rotatable bonds is 8. The number of amides is 1. The Morgan fingerprint density at radius 1 is 1.05 bits per heavy atom. The number of hydrogen-bond donors (Lipinski definition) is 3. The summed E-state index contributed by atoms with van der Waals surface area (Å²) < 4.78 is 19.4. The smallest absolute Gasteiger partial charge is 0.335 e. The fraction of sp³-hybridized carbons (Fsp3) is 0.143. The Morgan fingerprint density at radius 2 is 1.82 bits per heavy atom. The highest BCUT2D eigenvalue weighted by Crippen LogP contribution is 2.40. The monoisotopic (exact) mass is 530 g/mol. The van der Waals surface area contributed by atoms with Gasteiger partial charge in [-0.2, -0.15) is 0 Å². The lowest BCUT2D eigenvalue weighted by Gasteiger charge is -2.25. The van der Waals surface area contributed by atoms with Crippen LogP contribution in [0, 0.1) is 5.82 Å². The molecular weight excluding hydrogens is 507 g/mol. The Balaban J connectivity index is 1.38. The van der Waals surface area contributed by atoms with E-state index in [2.05, 4.69) is 15.6 Å². The number of nitrogens with zero attached hydrogens (tertiary/aromatic N) is 2. The average Bonchev–Trinajstić information content (AvgIpc) is 3.54. The van der Waals surface area contributed by atoms with E-state index in [1.165, 1.54) is 36.4 Å². The van der Waals surface area contributed by atoms with Gasteiger partial charge in [0.1, 0.15) is 23.4 Å². The Hall–Kier alpha value is -4.57. The molecule has 1 aliphatic rings. The number of aromatic nitrogens is 1. The van der Waals surface area contributed by atoms with Crippen molar-refractivity contribution in [1.29, 1.82) is 0 Å². The molecule has 3 N–H and O–H groups in total. The van der Waals surface area contributed by atoms with Crippen molar-refractivity contribution in [3.63, 3.8) is 0 Å². The second-order valence-electron chi connectivity index (χ2n) is 8.71. The van der Waals surface area contributed by atoms with Gasteiger partial charge in [-0.1, -0.05) is 18.2 Å². The molecule has 8 nitrogen and oxygen atoms in total. The molecule has 1 amide bonds. The summed E-state index contributed by atoms with van der Waals surface area (Å²) in [6.07, 6.45) is 1.84. The lowest BCUT2D eigenvalue weighted by Crippen LogP contribution is -2.32. The van der Waals surface area contributed by atoms with Crippen LogP contribution in [0.3, 0.4) is 0 Å². The minimum absolute atomic E-state index is 0.134. The van der Waals surface area contributed by atoms with Gasteiger partial charge in [-0.25, -0.2) is 9.18 Å². The minimum Gasteiger partial charge on any atom is -0.478 e. The molecule has 2 aromatic heterocycles. The molecule has 1 aliphatic heterocycles.